The molecule has 6 rings (SSSR count). The second-order valence-electron chi connectivity index (χ2n) is 25.9. The Kier molecular flexibility index (Phi) is 19.2. The molecule has 2 aliphatic heterocycles. The molecule has 1 aromatic carbocycles. The van der Waals surface area contributed by atoms with E-state index in [-0.39, 0.29) is 46.4 Å². The van der Waals surface area contributed by atoms with Crippen LogP contribution in [-0.4, -0.2) is 150 Å². The van der Waals surface area contributed by atoms with E-state index in [9.17, 15) is 19.2 Å². The molecule has 21 heteroatoms. The molecule has 452 valence electrons. The van der Waals surface area contributed by atoms with Crippen molar-refractivity contribution in [2.45, 2.75) is 238 Å². The summed E-state index contributed by atoms with van der Waals surface area (Å²) in [6.45, 7) is 34.7. The van der Waals surface area contributed by atoms with Crippen LogP contribution < -0.4 is 5.32 Å². The van der Waals surface area contributed by atoms with Gasteiger partial charge in [-0.25, -0.2) is 24.0 Å². The van der Waals surface area contributed by atoms with Crippen molar-refractivity contribution < 1.29 is 80.3 Å². The number of Topliss-reactive ketones (excluding diaryl/α,β-unsaturated/α-hetero) is 1. The summed E-state index contributed by atoms with van der Waals surface area (Å²) in [7, 11) is -2.94. The number of amides is 2. The van der Waals surface area contributed by atoms with E-state index in [0.717, 1.165) is 0 Å². The number of fused-ring (bicyclic) bond motifs is 4. The van der Waals surface area contributed by atoms with E-state index in [2.05, 4.69) is 5.32 Å². The average molecular weight is 1170 g/mol. The molecule has 2 bridgehead atoms. The van der Waals surface area contributed by atoms with Crippen molar-refractivity contribution in [3.63, 3.8) is 0 Å². The van der Waals surface area contributed by atoms with Gasteiger partial charge in [-0.05, 0) is 107 Å². The van der Waals surface area contributed by atoms with Crippen LogP contribution >= 0.6 is 0 Å². The highest BCUT2D eigenvalue weighted by Gasteiger charge is 2.84. The van der Waals surface area contributed by atoms with Gasteiger partial charge in [-0.15, -0.1) is 0 Å². The van der Waals surface area contributed by atoms with E-state index in [4.69, 9.17) is 46.7 Å². The molecule has 2 heterocycles. The third kappa shape index (κ3) is 11.5. The van der Waals surface area contributed by atoms with Crippen LogP contribution in [0.2, 0.25) is 34.8 Å². The fourth-order valence-electron chi connectivity index (χ4n) is 14.4. The standard InChI is InChI=1S/C60H92N2O17Si2/c1-22-80(23-2,24-3)78-41-31-42-59(32-70-42,75-38(13)63)47-50(73-51(65)39-28-26-25-27-29-39)60-49(74-55(69)77-60)44(37(12)43(57(60,17)18)46(48(64)58(41,47)19)72-54(68)62(20)21)71-52(66)45(79-81(34(6)7,35(8)9)36(10)11)40(30-33(4)5)61-53(67)76-56(14,15)16/h25-30,34-36,40-42,44-47,49-50H,22-24,31-32H2,1-21H3,(H,61,67)/t40-,41-,42+,44+,45+,46+,47?,49-,50?,58+,59-,60+/m0/s1. The van der Waals surface area contributed by atoms with Gasteiger partial charge in [0.2, 0.25) is 13.9 Å². The van der Waals surface area contributed by atoms with Gasteiger partial charge >= 0.3 is 36.2 Å². The first-order valence-electron chi connectivity index (χ1n) is 28.8. The molecule has 0 aromatic heterocycles. The maximum atomic E-state index is 17.0. The Balaban J connectivity index is 1.77. The van der Waals surface area contributed by atoms with E-state index in [1.54, 1.807) is 84.9 Å². The molecular formula is C60H92N2O17Si2. The summed E-state index contributed by atoms with van der Waals surface area (Å²) in [6.07, 6.45) is -12.0. The summed E-state index contributed by atoms with van der Waals surface area (Å²) in [5, 5.41) is 2.90. The number of rotatable bonds is 19. The number of carbonyl (C=O) groups is 7. The SMILES string of the molecule is CC[Si](CC)(CC)O[C@H]1C[C@H]2OC[C@@]2(OC(C)=O)C2C(OC(=O)c3ccccc3)[C@]34OC(=O)O[C@H]3[C@H](OC(=O)[C@H](O[Si](C(C)C)(C(C)C)C(C)C)[C@H](C=C(C)C)NC(=O)OC(C)(C)C)C(C)=C([C@@H](OC(=O)N(C)C)C(=O)[C@@]21C)C4(C)C. The molecule has 12 atom stereocenters. The van der Waals surface area contributed by atoms with Crippen molar-refractivity contribution in [3.05, 3.63) is 58.7 Å². The van der Waals surface area contributed by atoms with Crippen LogP contribution in [0, 0.1) is 16.7 Å². The maximum absolute atomic E-state index is 17.0. The Labute approximate surface area is 481 Å². The minimum atomic E-state index is -3.12. The second-order valence-corrected chi connectivity index (χ2v) is 36.1. The Hall–Kier alpha value is -5.10. The highest BCUT2D eigenvalue weighted by atomic mass is 28.4. The third-order valence-electron chi connectivity index (χ3n) is 18.3. The van der Waals surface area contributed by atoms with Gasteiger partial charge in [-0.1, -0.05) is 106 Å². The number of allylic oxidation sites excluding steroid dienone is 1. The fraction of sp³-hybridized carbons (Fsp3) is 0.717. The van der Waals surface area contributed by atoms with Crippen molar-refractivity contribution in [2.75, 3.05) is 20.7 Å². The Bertz CT molecular complexity index is 2590. The molecule has 3 aliphatic carbocycles. The molecule has 1 N–H and O–H groups in total. The highest BCUT2D eigenvalue weighted by Crippen LogP contribution is 2.67. The van der Waals surface area contributed by atoms with Gasteiger partial charge in [0.05, 0.1) is 35.6 Å². The van der Waals surface area contributed by atoms with Gasteiger partial charge in [0.15, 0.2) is 50.2 Å². The van der Waals surface area contributed by atoms with Gasteiger partial charge in [0, 0.05) is 32.9 Å². The second kappa shape index (κ2) is 23.9. The predicted octanol–water partition coefficient (Wildman–Crippen LogP) is 10.9. The van der Waals surface area contributed by atoms with Crippen LogP contribution in [0.3, 0.4) is 0 Å². The monoisotopic (exact) mass is 1170 g/mol. The highest BCUT2D eigenvalue weighted by molar-refractivity contribution is 6.77. The lowest BCUT2D eigenvalue weighted by Crippen LogP contribution is -2.83. The normalized spacial score (nSPS) is 29.5. The van der Waals surface area contributed by atoms with Crippen LogP contribution in [0.5, 0.6) is 0 Å². The summed E-state index contributed by atoms with van der Waals surface area (Å²) in [6, 6.07) is 8.85. The first kappa shape index (κ1) is 65.1. The fourth-order valence-corrected chi connectivity index (χ4v) is 22.8. The topological polar surface area (TPSA) is 227 Å². The zero-order valence-electron chi connectivity index (χ0n) is 51.8. The Morgan fingerprint density at radius 1 is 0.864 bits per heavy atom. The Morgan fingerprint density at radius 2 is 1.44 bits per heavy atom. The summed E-state index contributed by atoms with van der Waals surface area (Å²) < 4.78 is 67.0. The molecule has 2 amide bonds. The first-order chi connectivity index (χ1) is 37.5. The van der Waals surface area contributed by atoms with Gasteiger partial charge in [0.25, 0.3) is 0 Å². The Morgan fingerprint density at radius 3 is 1.93 bits per heavy atom. The first-order valence-corrected chi connectivity index (χ1v) is 33.5. The smallest absolute Gasteiger partial charge is 0.454 e. The van der Waals surface area contributed by atoms with Gasteiger partial charge in [0.1, 0.15) is 11.7 Å². The molecule has 5 aliphatic rings. The van der Waals surface area contributed by atoms with Gasteiger partial charge in [-0.2, -0.15) is 0 Å². The number of hydrogen-bond donors (Lipinski definition) is 1. The lowest BCUT2D eigenvalue weighted by atomic mass is 9.44. The summed E-state index contributed by atoms with van der Waals surface area (Å²) in [5.74, 6) is -4.88. The lowest BCUT2D eigenvalue weighted by molar-refractivity contribution is -0.344. The molecule has 2 unspecified atom stereocenters. The molecule has 81 heavy (non-hydrogen) atoms. The molecule has 2 saturated heterocycles. The maximum Gasteiger partial charge on any atom is 0.509 e. The zero-order valence-corrected chi connectivity index (χ0v) is 53.8. The summed E-state index contributed by atoms with van der Waals surface area (Å²) in [5.41, 5.74) is -8.02. The minimum Gasteiger partial charge on any atom is -0.454 e. The number of hydrogen-bond acceptors (Lipinski definition) is 17. The minimum absolute atomic E-state index is 0.0301. The van der Waals surface area contributed by atoms with Crippen LogP contribution in [0.25, 0.3) is 0 Å². The number of nitrogens with one attached hydrogen (secondary N) is 1. The molecular weight excluding hydrogens is 1080 g/mol. The van der Waals surface area contributed by atoms with Gasteiger partial charge < -0.3 is 57.0 Å². The van der Waals surface area contributed by atoms with E-state index < -0.39 is 141 Å². The number of carbonyl (C=O) groups excluding carboxylic acids is 7. The molecule has 2 saturated carbocycles. The van der Waals surface area contributed by atoms with Crippen molar-refractivity contribution in [3.8, 4) is 0 Å². The molecule has 19 nitrogen and oxygen atoms in total. The summed E-state index contributed by atoms with van der Waals surface area (Å²) >= 11 is 0. The van der Waals surface area contributed by atoms with Crippen molar-refractivity contribution in [1.29, 1.82) is 0 Å². The molecule has 1 aromatic rings. The summed E-state index contributed by atoms with van der Waals surface area (Å²) in [4.78, 5) is 106. The van der Waals surface area contributed by atoms with Crippen molar-refractivity contribution in [2.24, 2.45) is 16.7 Å². The molecule has 4 fully saturated rings. The van der Waals surface area contributed by atoms with Crippen molar-refractivity contribution >= 4 is 58.7 Å². The van der Waals surface area contributed by atoms with Crippen LogP contribution in [0.1, 0.15) is 148 Å². The average Bonchev–Trinajstić information content (AvgIpc) is 3.73. The number of nitrogens with zero attached hydrogens (tertiary/aromatic N) is 1. The molecule has 1 spiro atoms. The largest absolute Gasteiger partial charge is 0.509 e. The van der Waals surface area contributed by atoms with E-state index in [1.165, 1.54) is 25.9 Å². The van der Waals surface area contributed by atoms with E-state index in [1.807, 2.05) is 76.2 Å². The third-order valence-corrected chi connectivity index (χ3v) is 29.0. The number of ketones is 1. The predicted molar refractivity (Wildman–Crippen MR) is 306 cm³/mol. The van der Waals surface area contributed by atoms with Crippen LogP contribution in [-0.2, 0) is 61.1 Å². The number of ether oxygens (including phenoxy) is 8. The lowest BCUT2D eigenvalue weighted by Gasteiger charge is -2.68. The number of benzene rings is 1. The quantitative estimate of drug-likeness (QED) is 0.0588. The van der Waals surface area contributed by atoms with Gasteiger partial charge in [-0.3, -0.25) is 9.59 Å². The number of alkyl carbamates (subject to hydrolysis) is 1. The van der Waals surface area contributed by atoms with E-state index >= 15 is 14.4 Å². The van der Waals surface area contributed by atoms with E-state index in [0.29, 0.717) is 23.7 Å². The van der Waals surface area contributed by atoms with Crippen molar-refractivity contribution in [1.82, 2.24) is 10.2 Å². The number of esters is 3. The molecule has 0 radical (unpaired) electrons. The zero-order chi connectivity index (χ0) is 60.9. The van der Waals surface area contributed by atoms with Crippen LogP contribution in [0.4, 0.5) is 14.4 Å². The van der Waals surface area contributed by atoms with Crippen LogP contribution in [0.15, 0.2) is 53.1 Å².